The van der Waals surface area contributed by atoms with Crippen LogP contribution in [0.25, 0.3) is 0 Å². The van der Waals surface area contributed by atoms with Crippen LogP contribution in [0.5, 0.6) is 11.5 Å². The lowest BCUT2D eigenvalue weighted by Crippen LogP contribution is -2.00. The minimum atomic E-state index is -0.970. The summed E-state index contributed by atoms with van der Waals surface area (Å²) in [6.45, 7) is 0.731. The van der Waals surface area contributed by atoms with Crippen molar-refractivity contribution in [2.45, 2.75) is 13.2 Å². The molecule has 142 valence electrons. The van der Waals surface area contributed by atoms with Gasteiger partial charge in [0.05, 0.1) is 11.1 Å². The van der Waals surface area contributed by atoms with Crippen LogP contribution >= 0.6 is 0 Å². The molecule has 6 heteroatoms. The second kappa shape index (κ2) is 8.73. The third-order valence-corrected chi connectivity index (χ3v) is 4.04. The molecule has 3 aromatic carbocycles. The van der Waals surface area contributed by atoms with Crippen LogP contribution in [-0.4, -0.2) is 22.2 Å². The molecule has 0 saturated carbocycles. The lowest BCUT2D eigenvalue weighted by atomic mass is 10.1. The van der Waals surface area contributed by atoms with Crippen LogP contribution in [0.15, 0.2) is 72.8 Å². The molecule has 0 amide bonds. The molecule has 0 radical (unpaired) electrons. The first-order chi connectivity index (χ1) is 13.5. The van der Waals surface area contributed by atoms with E-state index < -0.39 is 11.9 Å². The van der Waals surface area contributed by atoms with E-state index in [1.807, 2.05) is 24.3 Å². The maximum absolute atomic E-state index is 10.8. The van der Waals surface area contributed by atoms with Gasteiger partial charge in [-0.3, -0.25) is 0 Å². The molecule has 0 spiro atoms. The van der Waals surface area contributed by atoms with Crippen LogP contribution in [0.4, 0.5) is 0 Å². The normalized spacial score (nSPS) is 10.3. The van der Waals surface area contributed by atoms with E-state index in [1.54, 1.807) is 24.3 Å². The summed E-state index contributed by atoms with van der Waals surface area (Å²) >= 11 is 0. The van der Waals surface area contributed by atoms with Crippen molar-refractivity contribution in [3.05, 3.63) is 95.1 Å². The zero-order valence-electron chi connectivity index (χ0n) is 14.9. The van der Waals surface area contributed by atoms with E-state index >= 15 is 0 Å². The van der Waals surface area contributed by atoms with Crippen molar-refractivity contribution in [1.82, 2.24) is 0 Å². The van der Waals surface area contributed by atoms with Crippen molar-refractivity contribution in [1.29, 1.82) is 0 Å². The second-order valence-corrected chi connectivity index (χ2v) is 6.05. The summed E-state index contributed by atoms with van der Waals surface area (Å²) < 4.78 is 11.3. The fourth-order valence-corrected chi connectivity index (χ4v) is 2.45. The van der Waals surface area contributed by atoms with Gasteiger partial charge in [-0.1, -0.05) is 24.3 Å². The molecule has 0 aliphatic rings. The Morgan fingerprint density at radius 3 is 1.18 bits per heavy atom. The van der Waals surface area contributed by atoms with Crippen LogP contribution in [0.3, 0.4) is 0 Å². The van der Waals surface area contributed by atoms with Crippen LogP contribution < -0.4 is 9.47 Å². The van der Waals surface area contributed by atoms with Crippen molar-refractivity contribution in [2.24, 2.45) is 0 Å². The average molecular weight is 378 g/mol. The highest BCUT2D eigenvalue weighted by molar-refractivity contribution is 5.88. The van der Waals surface area contributed by atoms with E-state index in [2.05, 4.69) is 0 Å². The lowest BCUT2D eigenvalue weighted by Gasteiger charge is -2.09. The molecular formula is C22H18O6. The largest absolute Gasteiger partial charge is 0.489 e. The second-order valence-electron chi connectivity index (χ2n) is 6.05. The minimum Gasteiger partial charge on any atom is -0.489 e. The molecular weight excluding hydrogens is 360 g/mol. The van der Waals surface area contributed by atoms with Crippen LogP contribution in [0.1, 0.15) is 31.8 Å². The molecule has 0 unspecified atom stereocenters. The van der Waals surface area contributed by atoms with Crippen LogP contribution in [0, 0.1) is 0 Å². The highest BCUT2D eigenvalue weighted by Gasteiger charge is 2.04. The lowest BCUT2D eigenvalue weighted by molar-refractivity contribution is 0.0686. The number of carboxylic acid groups (broad SMARTS) is 2. The number of hydrogen-bond donors (Lipinski definition) is 2. The quantitative estimate of drug-likeness (QED) is 0.609. The molecule has 28 heavy (non-hydrogen) atoms. The Morgan fingerprint density at radius 2 is 0.893 bits per heavy atom. The SMILES string of the molecule is O=C(O)c1ccc(OCc2ccc(COc3ccc(C(=O)O)cc3)cc2)cc1. The molecule has 0 bridgehead atoms. The zero-order chi connectivity index (χ0) is 19.9. The molecule has 0 aromatic heterocycles. The summed E-state index contributed by atoms with van der Waals surface area (Å²) in [5.74, 6) is -0.742. The summed E-state index contributed by atoms with van der Waals surface area (Å²) in [6.07, 6.45) is 0. The van der Waals surface area contributed by atoms with Gasteiger partial charge in [0.25, 0.3) is 0 Å². The summed E-state index contributed by atoms with van der Waals surface area (Å²) in [7, 11) is 0. The first kappa shape index (κ1) is 19.0. The molecule has 0 heterocycles. The standard InChI is InChI=1S/C22H18O6/c23-21(24)17-5-9-19(10-6-17)27-13-15-1-2-16(4-3-15)14-28-20-11-7-18(8-12-20)22(25)26/h1-12H,13-14H2,(H,23,24)(H,25,26). The molecule has 0 atom stereocenters. The highest BCUT2D eigenvalue weighted by atomic mass is 16.5. The fraction of sp³-hybridized carbons (Fsp3) is 0.0909. The summed E-state index contributed by atoms with van der Waals surface area (Å²) in [6, 6.07) is 20.2. The number of aromatic carboxylic acids is 2. The Labute approximate surface area is 161 Å². The van der Waals surface area contributed by atoms with Crippen molar-refractivity contribution in [2.75, 3.05) is 0 Å². The van der Waals surface area contributed by atoms with Gasteiger partial charge in [-0.2, -0.15) is 0 Å². The Bertz CT molecular complexity index is 863. The number of carboxylic acids is 2. The minimum absolute atomic E-state index is 0.217. The summed E-state index contributed by atoms with van der Waals surface area (Å²) in [5, 5.41) is 17.8. The van der Waals surface area contributed by atoms with Gasteiger partial charge >= 0.3 is 11.9 Å². The molecule has 0 aliphatic heterocycles. The molecule has 6 nitrogen and oxygen atoms in total. The Hall–Kier alpha value is -3.80. The van der Waals surface area contributed by atoms with E-state index in [1.165, 1.54) is 24.3 Å². The van der Waals surface area contributed by atoms with Crippen LogP contribution in [0.2, 0.25) is 0 Å². The van der Waals surface area contributed by atoms with Gasteiger partial charge in [-0.25, -0.2) is 9.59 Å². The van der Waals surface area contributed by atoms with Gasteiger partial charge in [-0.05, 0) is 59.7 Å². The van der Waals surface area contributed by atoms with E-state index in [-0.39, 0.29) is 11.1 Å². The number of rotatable bonds is 8. The van der Waals surface area contributed by atoms with Gasteiger partial charge in [0.1, 0.15) is 24.7 Å². The van der Waals surface area contributed by atoms with Crippen molar-refractivity contribution >= 4 is 11.9 Å². The zero-order valence-corrected chi connectivity index (χ0v) is 14.9. The predicted molar refractivity (Wildman–Crippen MR) is 102 cm³/mol. The highest BCUT2D eigenvalue weighted by Crippen LogP contribution is 2.17. The number of benzene rings is 3. The van der Waals surface area contributed by atoms with E-state index in [4.69, 9.17) is 19.7 Å². The van der Waals surface area contributed by atoms with Crippen LogP contribution in [-0.2, 0) is 13.2 Å². The molecule has 0 saturated heterocycles. The van der Waals surface area contributed by atoms with E-state index in [0.717, 1.165) is 11.1 Å². The monoisotopic (exact) mass is 378 g/mol. The molecule has 3 aromatic rings. The fourth-order valence-electron chi connectivity index (χ4n) is 2.45. The average Bonchev–Trinajstić information content (AvgIpc) is 2.72. The van der Waals surface area contributed by atoms with Gasteiger partial charge in [0.15, 0.2) is 0 Å². The molecule has 0 fully saturated rings. The van der Waals surface area contributed by atoms with Gasteiger partial charge < -0.3 is 19.7 Å². The van der Waals surface area contributed by atoms with Crippen molar-refractivity contribution in [3.63, 3.8) is 0 Å². The first-order valence-corrected chi connectivity index (χ1v) is 8.51. The third-order valence-electron chi connectivity index (χ3n) is 4.04. The number of carbonyl (C=O) groups is 2. The number of hydrogen-bond acceptors (Lipinski definition) is 4. The van der Waals surface area contributed by atoms with Gasteiger partial charge in [-0.15, -0.1) is 0 Å². The molecule has 0 aliphatic carbocycles. The third kappa shape index (κ3) is 5.11. The van der Waals surface area contributed by atoms with Gasteiger partial charge in [0, 0.05) is 0 Å². The summed E-state index contributed by atoms with van der Waals surface area (Å²) in [5.41, 5.74) is 2.37. The Balaban J connectivity index is 1.50. The maximum atomic E-state index is 10.8. The molecule has 2 N–H and O–H groups in total. The maximum Gasteiger partial charge on any atom is 0.335 e. The van der Waals surface area contributed by atoms with Gasteiger partial charge in [0.2, 0.25) is 0 Å². The van der Waals surface area contributed by atoms with E-state index in [9.17, 15) is 9.59 Å². The smallest absolute Gasteiger partial charge is 0.335 e. The predicted octanol–water partition coefficient (Wildman–Crippen LogP) is 4.24. The Morgan fingerprint density at radius 1 is 0.571 bits per heavy atom. The van der Waals surface area contributed by atoms with Crippen molar-refractivity contribution < 1.29 is 29.3 Å². The number of ether oxygens (including phenoxy) is 2. The first-order valence-electron chi connectivity index (χ1n) is 8.51. The van der Waals surface area contributed by atoms with Crippen molar-refractivity contribution in [3.8, 4) is 11.5 Å². The topological polar surface area (TPSA) is 93.1 Å². The Kier molecular flexibility index (Phi) is 5.91. The summed E-state index contributed by atoms with van der Waals surface area (Å²) in [4.78, 5) is 21.7. The molecule has 3 rings (SSSR count). The van der Waals surface area contributed by atoms with E-state index in [0.29, 0.717) is 24.7 Å².